The van der Waals surface area contributed by atoms with Crippen LogP contribution in [0.3, 0.4) is 0 Å². The minimum Gasteiger partial charge on any atom is -0.507 e. The number of azo groups is 1. The van der Waals surface area contributed by atoms with Gasteiger partial charge in [-0.25, -0.2) is 14.6 Å². The molecule has 3 aromatic heterocycles. The molecule has 7 aromatic rings. The Morgan fingerprint density at radius 2 is 1.68 bits per heavy atom. The number of aromatic nitrogens is 3. The van der Waals surface area contributed by atoms with Gasteiger partial charge in [-0.1, -0.05) is 12.1 Å². The third-order valence-corrected chi connectivity index (χ3v) is 17.2. The molecule has 22 heteroatoms. The number of hydrogen-bond acceptors (Lipinski definition) is 16. The van der Waals surface area contributed by atoms with Crippen LogP contribution >= 0.6 is 0 Å². The Kier molecular flexibility index (Phi) is 14.8. The number of carbonyl (C=O) groups excluding carboxylic acids is 5. The molecular formula is C62H65N10O12+. The highest BCUT2D eigenvalue weighted by atomic mass is 16.7. The molecule has 0 radical (unpaired) electrons. The van der Waals surface area contributed by atoms with Crippen molar-refractivity contribution in [3.63, 3.8) is 0 Å². The molecule has 84 heavy (non-hydrogen) atoms. The van der Waals surface area contributed by atoms with Crippen molar-refractivity contribution < 1.29 is 62.4 Å². The van der Waals surface area contributed by atoms with Gasteiger partial charge in [0.2, 0.25) is 12.5 Å². The van der Waals surface area contributed by atoms with E-state index in [1.165, 1.54) is 51.4 Å². The van der Waals surface area contributed by atoms with Gasteiger partial charge in [-0.2, -0.15) is 14.8 Å². The van der Waals surface area contributed by atoms with Crippen molar-refractivity contribution >= 4 is 68.8 Å². The molecule has 434 valence electrons. The number of pyridine rings is 2. The topological polar surface area (TPSA) is 275 Å². The van der Waals surface area contributed by atoms with Crippen molar-refractivity contribution in [2.45, 2.75) is 76.7 Å². The number of nitrogens with one attached hydrogen (secondary N) is 2. The Hall–Kier alpha value is -9.31. The van der Waals surface area contributed by atoms with Gasteiger partial charge in [-0.15, -0.1) is 0 Å². The largest absolute Gasteiger partial charge is 0.507 e. The van der Waals surface area contributed by atoms with Crippen molar-refractivity contribution in [1.82, 2.24) is 24.7 Å². The molecule has 22 nitrogen and oxygen atoms in total. The first kappa shape index (κ1) is 55.2. The van der Waals surface area contributed by atoms with Gasteiger partial charge in [-0.3, -0.25) is 19.0 Å². The number of fused-ring (bicyclic) bond motifs is 6. The molecule has 5 heterocycles. The summed E-state index contributed by atoms with van der Waals surface area (Å²) in [5.74, 6) is 2.24. The van der Waals surface area contributed by atoms with Crippen LogP contribution in [0.4, 0.5) is 26.7 Å². The van der Waals surface area contributed by atoms with Crippen LogP contribution in [-0.4, -0.2) is 119 Å². The van der Waals surface area contributed by atoms with Crippen molar-refractivity contribution in [2.24, 2.45) is 39.6 Å². The summed E-state index contributed by atoms with van der Waals surface area (Å²) in [6.45, 7) is 3.37. The highest BCUT2D eigenvalue weighted by molar-refractivity contribution is 6.07. The molecule has 0 saturated heterocycles. The molecule has 6 unspecified atom stereocenters. The number of phenols is 1. The lowest BCUT2D eigenvalue weighted by Crippen LogP contribution is -2.69. The van der Waals surface area contributed by atoms with Crippen molar-refractivity contribution in [2.75, 3.05) is 52.9 Å². The van der Waals surface area contributed by atoms with Crippen molar-refractivity contribution in [1.29, 1.82) is 0 Å². The molecular weight excluding hydrogens is 1080 g/mol. The zero-order valence-electron chi connectivity index (χ0n) is 47.0. The molecule has 3 fully saturated rings. The Morgan fingerprint density at radius 3 is 2.48 bits per heavy atom. The Morgan fingerprint density at radius 1 is 0.905 bits per heavy atom. The fraction of sp³-hybridized carbons (Fsp3) is 0.371. The first-order valence-electron chi connectivity index (χ1n) is 28.2. The molecule has 0 bridgehead atoms. The van der Waals surface area contributed by atoms with Gasteiger partial charge in [0.25, 0.3) is 11.8 Å². The number of unbranched alkanes of at least 4 members (excludes halogenated alkanes) is 1. The molecule has 0 spiro atoms. The number of carbonyl (C=O) groups is 5. The maximum atomic E-state index is 13.8. The summed E-state index contributed by atoms with van der Waals surface area (Å²) in [5.41, 5.74) is 11.0. The monoisotopic (exact) mass is 1140 g/mol. The average Bonchev–Trinajstić information content (AvgIpc) is 1.19. The predicted molar refractivity (Wildman–Crippen MR) is 307 cm³/mol. The number of rotatable bonds is 18. The van der Waals surface area contributed by atoms with E-state index in [0.717, 1.165) is 53.6 Å². The van der Waals surface area contributed by atoms with E-state index < -0.39 is 29.5 Å². The molecule has 4 aromatic carbocycles. The van der Waals surface area contributed by atoms with Crippen molar-refractivity contribution in [3.05, 3.63) is 120 Å². The molecule has 2 aliphatic heterocycles. The minimum absolute atomic E-state index is 0.00820. The molecule has 4 amide bonds. The lowest BCUT2D eigenvalue weighted by Gasteiger charge is -2.68. The number of benzene rings is 4. The summed E-state index contributed by atoms with van der Waals surface area (Å²) in [7, 11) is 4.73. The van der Waals surface area contributed by atoms with Crippen LogP contribution < -0.4 is 39.9 Å². The number of aliphatic hydroxyl groups is 1. The summed E-state index contributed by atoms with van der Waals surface area (Å²) in [4.78, 5) is 73.1. The quantitative estimate of drug-likeness (QED) is 0.0177. The van der Waals surface area contributed by atoms with Crippen LogP contribution in [0, 0.1) is 23.7 Å². The van der Waals surface area contributed by atoms with Gasteiger partial charge in [0.1, 0.15) is 18.0 Å². The van der Waals surface area contributed by atoms with E-state index in [1.807, 2.05) is 31.3 Å². The van der Waals surface area contributed by atoms with Gasteiger partial charge >= 0.3 is 18.1 Å². The van der Waals surface area contributed by atoms with Crippen LogP contribution in [0.15, 0.2) is 108 Å². The number of nitrogens with two attached hydrogens (primary N) is 1. The van der Waals surface area contributed by atoms with Gasteiger partial charge in [0.05, 0.1) is 51.8 Å². The Bertz CT molecular complexity index is 3830. The van der Waals surface area contributed by atoms with Crippen LogP contribution in [0.1, 0.15) is 77.3 Å². The molecule has 3 saturated carbocycles. The Labute approximate surface area is 483 Å². The predicted octanol–water partition coefficient (Wildman–Crippen LogP) is 8.54. The number of aryl methyl sites for hydroxylation is 2. The number of phenolic OH excluding ortho intramolecular Hbond substituents is 1. The molecule has 6 atom stereocenters. The second kappa shape index (κ2) is 22.5. The fourth-order valence-corrected chi connectivity index (χ4v) is 12.9. The van der Waals surface area contributed by atoms with E-state index in [0.29, 0.717) is 87.9 Å². The smallest absolute Gasteiger partial charge is 0.409 e. The number of ether oxygens (including phenoxy) is 5. The van der Waals surface area contributed by atoms with Gasteiger partial charge in [-0.05, 0) is 140 Å². The SMILES string of the molecule is COc1ccc2cc3[n+](cc2c1OC(=O)CCCCNC(=O)c1cc(N=Nc2ccc(COC(=O)N(C)CCN(C)C(=O)n4ccc5c(NC6C7CC8CC(C)(O)CC6C87)c(C(N)=O)cnc54)cc2)ccc1O)CCc1cc2c(cc1-3)OCO2. The molecule has 12 rings (SSSR count). The number of aromatic hydroxyl groups is 1. The van der Waals surface area contributed by atoms with Crippen LogP contribution in [-0.2, 0) is 29.1 Å². The number of primary amides is 1. The third-order valence-electron chi connectivity index (χ3n) is 17.2. The fourth-order valence-electron chi connectivity index (χ4n) is 12.9. The minimum atomic E-state index is -0.723. The summed E-state index contributed by atoms with van der Waals surface area (Å²) in [5, 5.41) is 38.7. The zero-order valence-corrected chi connectivity index (χ0v) is 47.0. The molecule has 6 N–H and O–H groups in total. The number of esters is 1. The number of nitrogens with zero attached hydrogens (tertiary/aromatic N) is 7. The number of methoxy groups -OCH3 is 1. The lowest BCUT2D eigenvalue weighted by molar-refractivity contribution is -0.686. The number of amides is 4. The average molecular weight is 1140 g/mol. The van der Waals surface area contributed by atoms with Crippen LogP contribution in [0.25, 0.3) is 33.1 Å². The number of anilines is 1. The number of hydrogen-bond donors (Lipinski definition) is 5. The number of likely N-dealkylation sites (N-methyl/N-ethyl adjacent to an activating group) is 2. The zero-order chi connectivity index (χ0) is 58.6. The normalized spacial score (nSPS) is 20.4. The van der Waals surface area contributed by atoms with E-state index in [4.69, 9.17) is 29.4 Å². The van der Waals surface area contributed by atoms with Crippen LogP contribution in [0.5, 0.6) is 28.7 Å². The second-order valence-corrected chi connectivity index (χ2v) is 22.8. The first-order chi connectivity index (χ1) is 40.5. The van der Waals surface area contributed by atoms with Gasteiger partial charge < -0.3 is 60.1 Å². The molecule has 5 aliphatic rings. The van der Waals surface area contributed by atoms with E-state index in [1.54, 1.807) is 56.7 Å². The summed E-state index contributed by atoms with van der Waals surface area (Å²) < 4.78 is 31.9. The van der Waals surface area contributed by atoms with Crippen LogP contribution in [0.2, 0.25) is 0 Å². The summed E-state index contributed by atoms with van der Waals surface area (Å²) in [6.07, 6.45) is 8.71. The van der Waals surface area contributed by atoms with Gasteiger partial charge in [0.15, 0.2) is 35.7 Å². The molecule has 3 aliphatic carbocycles. The third kappa shape index (κ3) is 10.7. The van der Waals surface area contributed by atoms with Gasteiger partial charge in [0, 0.05) is 76.5 Å². The highest BCUT2D eigenvalue weighted by Crippen LogP contribution is 2.66. The van der Waals surface area contributed by atoms with Crippen molar-refractivity contribution in [3.8, 4) is 40.0 Å². The van der Waals surface area contributed by atoms with E-state index >= 15 is 0 Å². The maximum absolute atomic E-state index is 13.8. The van der Waals surface area contributed by atoms with E-state index in [2.05, 4.69) is 36.5 Å². The highest BCUT2D eigenvalue weighted by Gasteiger charge is 2.65. The second-order valence-electron chi connectivity index (χ2n) is 22.8. The Balaban J connectivity index is 0.582. The summed E-state index contributed by atoms with van der Waals surface area (Å²) >= 11 is 0. The summed E-state index contributed by atoms with van der Waals surface area (Å²) in [6, 6.07) is 22.5. The van der Waals surface area contributed by atoms with E-state index in [-0.39, 0.29) is 74.3 Å². The lowest BCUT2D eigenvalue weighted by atomic mass is 9.39. The maximum Gasteiger partial charge on any atom is 0.409 e. The standard InChI is InChI=1S/C62H64N10O12/c1-62(79)28-37-23-43-53(37)44(29-62)55(43)66-54-40-17-20-72(58(40)65-30-45(54)57(63)75)60(77)69(2)21-22-70(3)61(78)81-32-34-8-11-38(12-9-34)67-68-39-13-14-48(73)42(26-39)59(76)64-18-6-5-7-52(74)84-56-46-31-71-19-16-36-25-50-51(83-33-82-50)27-41(36)47(71)24-35(46)10-15-49(56)80-4/h8-15,17,20,24-27,30-31,37,43-44,53,55,79H,5-7,16,18-19,21-23,28-29,32-33H2,1-4H3,(H4-,63,64,65,66,67,73,75,76)/p+1. The van der Waals surface area contributed by atoms with E-state index in [9.17, 15) is 34.2 Å². The first-order valence-corrected chi connectivity index (χ1v) is 28.2.